The summed E-state index contributed by atoms with van der Waals surface area (Å²) in [6.07, 6.45) is -2.54. The first-order valence-electron chi connectivity index (χ1n) is 10.0. The van der Waals surface area contributed by atoms with Crippen LogP contribution in [0.1, 0.15) is 32.8 Å². The predicted octanol–water partition coefficient (Wildman–Crippen LogP) is 1.44. The molecular weight excluding hydrogens is 414 g/mol. The molecule has 1 amide bonds. The van der Waals surface area contributed by atoms with Gasteiger partial charge in [0.1, 0.15) is 24.5 Å². The molecule has 30 heavy (non-hydrogen) atoms. The number of amides is 1. The Balaban J connectivity index is 1.47. The SMILES string of the molecule is CC[C@@H]1C(=O)N[C@@H]1O[C@@H]1[C@H]2OC(C)(C)O[C@H]2O[C@@H]1COS(=O)(=O)c1ccc(C)cc1. The fourth-order valence-corrected chi connectivity index (χ4v) is 4.78. The van der Waals surface area contributed by atoms with Crippen molar-refractivity contribution in [3.05, 3.63) is 29.8 Å². The molecule has 3 fully saturated rings. The van der Waals surface area contributed by atoms with Crippen LogP contribution in [0.5, 0.6) is 0 Å². The van der Waals surface area contributed by atoms with Gasteiger partial charge in [-0.1, -0.05) is 24.6 Å². The molecule has 3 saturated heterocycles. The van der Waals surface area contributed by atoms with Crippen molar-refractivity contribution in [2.45, 2.75) is 75.6 Å². The maximum Gasteiger partial charge on any atom is 0.297 e. The van der Waals surface area contributed by atoms with Crippen molar-refractivity contribution in [2.75, 3.05) is 6.61 Å². The molecule has 0 bridgehead atoms. The molecule has 0 radical (unpaired) electrons. The van der Waals surface area contributed by atoms with Crippen molar-refractivity contribution < 1.29 is 36.3 Å². The van der Waals surface area contributed by atoms with E-state index < -0.39 is 46.7 Å². The molecule has 0 spiro atoms. The van der Waals surface area contributed by atoms with Crippen LogP contribution in [0, 0.1) is 12.8 Å². The van der Waals surface area contributed by atoms with Crippen LogP contribution in [0.25, 0.3) is 0 Å². The van der Waals surface area contributed by atoms with Gasteiger partial charge < -0.3 is 24.3 Å². The van der Waals surface area contributed by atoms with Crippen LogP contribution in [-0.2, 0) is 38.0 Å². The predicted molar refractivity (Wildman–Crippen MR) is 104 cm³/mol. The standard InChI is InChI=1S/C20H27NO8S/c1-5-13-17(22)21-18(13)27-15-14(26-19-16(15)28-20(3,4)29-19)10-25-30(23,24)12-8-6-11(2)7-9-12/h6-9,13-16,18-19H,5,10H2,1-4H3,(H,21,22)/t13-,14-,15+,16-,18-,19-/m1/s1. The Bertz CT molecular complexity index is 900. The number of rotatable bonds is 7. The Hall–Kier alpha value is -1.56. The van der Waals surface area contributed by atoms with E-state index in [1.807, 2.05) is 13.8 Å². The van der Waals surface area contributed by atoms with Gasteiger partial charge in [-0.2, -0.15) is 8.42 Å². The van der Waals surface area contributed by atoms with E-state index in [1.165, 1.54) is 12.1 Å². The van der Waals surface area contributed by atoms with E-state index >= 15 is 0 Å². The topological polar surface area (TPSA) is 109 Å². The number of nitrogens with one attached hydrogen (secondary N) is 1. The number of fused-ring (bicyclic) bond motifs is 1. The molecule has 9 nitrogen and oxygen atoms in total. The summed E-state index contributed by atoms with van der Waals surface area (Å²) in [5, 5.41) is 2.72. The second-order valence-electron chi connectivity index (χ2n) is 8.24. The van der Waals surface area contributed by atoms with Crippen LogP contribution in [0.15, 0.2) is 29.2 Å². The smallest absolute Gasteiger partial charge is 0.297 e. The monoisotopic (exact) mass is 441 g/mol. The van der Waals surface area contributed by atoms with Crippen molar-refractivity contribution in [1.29, 1.82) is 0 Å². The van der Waals surface area contributed by atoms with Crippen molar-refractivity contribution in [2.24, 2.45) is 5.92 Å². The molecule has 3 heterocycles. The minimum atomic E-state index is -3.97. The number of carbonyl (C=O) groups is 1. The summed E-state index contributed by atoms with van der Waals surface area (Å²) in [5.41, 5.74) is 0.944. The largest absolute Gasteiger partial charge is 0.349 e. The lowest BCUT2D eigenvalue weighted by molar-refractivity contribution is -0.231. The summed E-state index contributed by atoms with van der Waals surface area (Å²) in [6, 6.07) is 6.39. The Kier molecular flexibility index (Phi) is 5.67. The fourth-order valence-electron chi connectivity index (χ4n) is 3.86. The van der Waals surface area contributed by atoms with E-state index in [0.29, 0.717) is 6.42 Å². The van der Waals surface area contributed by atoms with E-state index in [-0.39, 0.29) is 23.3 Å². The maximum atomic E-state index is 12.5. The van der Waals surface area contributed by atoms with Crippen LogP contribution in [0.3, 0.4) is 0 Å². The number of β-lactam (4-membered cyclic amide) rings is 1. The zero-order chi connectivity index (χ0) is 21.7. The first-order valence-corrected chi connectivity index (χ1v) is 11.4. The summed E-state index contributed by atoms with van der Waals surface area (Å²) in [6.45, 7) is 7.03. The molecule has 3 aliphatic heterocycles. The van der Waals surface area contributed by atoms with Crippen LogP contribution in [-0.4, -0.2) is 57.5 Å². The van der Waals surface area contributed by atoms with E-state index in [0.717, 1.165) is 5.56 Å². The normalized spacial score (nSPS) is 35.0. The third kappa shape index (κ3) is 4.12. The summed E-state index contributed by atoms with van der Waals surface area (Å²) < 4.78 is 54.0. The van der Waals surface area contributed by atoms with Crippen LogP contribution in [0.4, 0.5) is 0 Å². The highest BCUT2D eigenvalue weighted by molar-refractivity contribution is 7.86. The molecule has 1 aromatic rings. The molecule has 4 rings (SSSR count). The molecular formula is C20H27NO8S. The summed E-state index contributed by atoms with van der Waals surface area (Å²) >= 11 is 0. The number of ether oxygens (including phenoxy) is 4. The highest BCUT2D eigenvalue weighted by Gasteiger charge is 2.57. The Morgan fingerprint density at radius 2 is 1.87 bits per heavy atom. The highest BCUT2D eigenvalue weighted by atomic mass is 32.2. The third-order valence-electron chi connectivity index (χ3n) is 5.51. The summed E-state index contributed by atoms with van der Waals surface area (Å²) in [5.74, 6) is -1.20. The number of aryl methyl sites for hydroxylation is 1. The highest BCUT2D eigenvalue weighted by Crippen LogP contribution is 2.40. The quantitative estimate of drug-likeness (QED) is 0.500. The van der Waals surface area contributed by atoms with Gasteiger partial charge in [0.2, 0.25) is 5.91 Å². The van der Waals surface area contributed by atoms with Crippen LogP contribution >= 0.6 is 0 Å². The second kappa shape index (κ2) is 7.85. The van der Waals surface area contributed by atoms with Gasteiger partial charge in [0.05, 0.1) is 17.4 Å². The van der Waals surface area contributed by atoms with Gasteiger partial charge in [-0.05, 0) is 39.3 Å². The van der Waals surface area contributed by atoms with Crippen LogP contribution < -0.4 is 5.32 Å². The summed E-state index contributed by atoms with van der Waals surface area (Å²) in [4.78, 5) is 11.8. The molecule has 1 N–H and O–H groups in total. The molecule has 1 aromatic carbocycles. The number of hydrogen-bond acceptors (Lipinski definition) is 8. The van der Waals surface area contributed by atoms with Gasteiger partial charge in [0.15, 0.2) is 12.1 Å². The van der Waals surface area contributed by atoms with Crippen molar-refractivity contribution in [3.8, 4) is 0 Å². The Labute approximate surface area is 176 Å². The lowest BCUT2D eigenvalue weighted by atomic mass is 9.96. The summed E-state index contributed by atoms with van der Waals surface area (Å²) in [7, 11) is -3.97. The van der Waals surface area contributed by atoms with Crippen LogP contribution in [0.2, 0.25) is 0 Å². The van der Waals surface area contributed by atoms with Gasteiger partial charge in [-0.15, -0.1) is 0 Å². The van der Waals surface area contributed by atoms with Crippen molar-refractivity contribution in [3.63, 3.8) is 0 Å². The first-order chi connectivity index (χ1) is 14.1. The van der Waals surface area contributed by atoms with E-state index in [4.69, 9.17) is 23.1 Å². The average molecular weight is 442 g/mol. The minimum absolute atomic E-state index is 0.0645. The Morgan fingerprint density at radius 3 is 2.50 bits per heavy atom. The van der Waals surface area contributed by atoms with Gasteiger partial charge in [0.25, 0.3) is 10.1 Å². The molecule has 0 aliphatic carbocycles. The second-order valence-corrected chi connectivity index (χ2v) is 9.85. The van der Waals surface area contributed by atoms with Crippen molar-refractivity contribution >= 4 is 16.0 Å². The zero-order valence-corrected chi connectivity index (χ0v) is 18.2. The number of hydrogen-bond donors (Lipinski definition) is 1. The van der Waals surface area contributed by atoms with Gasteiger partial charge in [-0.3, -0.25) is 8.98 Å². The lowest BCUT2D eigenvalue weighted by Crippen LogP contribution is -2.61. The lowest BCUT2D eigenvalue weighted by Gasteiger charge is -2.39. The molecule has 0 unspecified atom stereocenters. The van der Waals surface area contributed by atoms with E-state index in [1.54, 1.807) is 26.0 Å². The zero-order valence-electron chi connectivity index (χ0n) is 17.4. The number of carbonyl (C=O) groups excluding carboxylic acids is 1. The van der Waals surface area contributed by atoms with E-state index in [9.17, 15) is 13.2 Å². The van der Waals surface area contributed by atoms with E-state index in [2.05, 4.69) is 5.32 Å². The average Bonchev–Trinajstić information content (AvgIpc) is 3.12. The third-order valence-corrected chi connectivity index (χ3v) is 6.81. The van der Waals surface area contributed by atoms with Gasteiger partial charge >= 0.3 is 0 Å². The maximum absolute atomic E-state index is 12.5. The molecule has 3 aliphatic rings. The fraction of sp³-hybridized carbons (Fsp3) is 0.650. The minimum Gasteiger partial charge on any atom is -0.349 e. The molecule has 10 heteroatoms. The van der Waals surface area contributed by atoms with Gasteiger partial charge in [-0.25, -0.2) is 0 Å². The Morgan fingerprint density at radius 1 is 1.17 bits per heavy atom. The molecule has 6 atom stereocenters. The first kappa shape index (κ1) is 21.7. The number of benzene rings is 1. The van der Waals surface area contributed by atoms with Crippen molar-refractivity contribution in [1.82, 2.24) is 5.32 Å². The molecule has 0 saturated carbocycles. The molecule has 166 valence electrons. The van der Waals surface area contributed by atoms with Gasteiger partial charge in [0, 0.05) is 0 Å². The molecule has 0 aromatic heterocycles.